The molecule has 4 heteroatoms. The van der Waals surface area contributed by atoms with Gasteiger partial charge in [0.2, 0.25) is 0 Å². The fourth-order valence-corrected chi connectivity index (χ4v) is 2.51. The predicted octanol–water partition coefficient (Wildman–Crippen LogP) is 2.67. The molecular weight excluding hydrogens is 224 g/mol. The molecule has 1 fully saturated rings. The Balaban J connectivity index is 1.85. The molecule has 0 radical (unpaired) electrons. The molecule has 0 aliphatic heterocycles. The molecule has 0 unspecified atom stereocenters. The molecule has 0 saturated heterocycles. The number of anilines is 1. The van der Waals surface area contributed by atoms with Gasteiger partial charge >= 0.3 is 0 Å². The Hall–Kier alpha value is -1.16. The first-order valence-corrected chi connectivity index (χ1v) is 7.04. The molecule has 4 nitrogen and oxygen atoms in total. The lowest BCUT2D eigenvalue weighted by Gasteiger charge is -2.23. The molecule has 1 heterocycles. The van der Waals surface area contributed by atoms with Crippen molar-refractivity contribution < 1.29 is 0 Å². The third kappa shape index (κ3) is 3.67. The summed E-state index contributed by atoms with van der Waals surface area (Å²) in [7, 11) is 2.20. The van der Waals surface area contributed by atoms with Gasteiger partial charge in [-0.25, -0.2) is 4.98 Å². The summed E-state index contributed by atoms with van der Waals surface area (Å²) in [4.78, 5) is 11.3. The third-order valence-corrected chi connectivity index (χ3v) is 3.62. The van der Waals surface area contributed by atoms with E-state index in [9.17, 15) is 0 Å². The summed E-state index contributed by atoms with van der Waals surface area (Å²) in [5.41, 5.74) is 1.06. The summed E-state index contributed by atoms with van der Waals surface area (Å²) in [5.74, 6) is 0.879. The molecule has 1 N–H and O–H groups in total. The molecule has 0 aromatic carbocycles. The van der Waals surface area contributed by atoms with Crippen molar-refractivity contribution in [2.75, 3.05) is 18.9 Å². The molecule has 100 valence electrons. The zero-order valence-corrected chi connectivity index (χ0v) is 11.5. The van der Waals surface area contributed by atoms with Crippen LogP contribution in [0.5, 0.6) is 0 Å². The Bertz CT molecular complexity index is 343. The van der Waals surface area contributed by atoms with Crippen LogP contribution in [0, 0.1) is 0 Å². The monoisotopic (exact) mass is 248 g/mol. The topological polar surface area (TPSA) is 41.1 Å². The van der Waals surface area contributed by atoms with Crippen LogP contribution in [0.25, 0.3) is 0 Å². The van der Waals surface area contributed by atoms with E-state index in [4.69, 9.17) is 0 Å². The van der Waals surface area contributed by atoms with Crippen LogP contribution in [-0.2, 0) is 6.54 Å². The largest absolute Gasteiger partial charge is 0.369 e. The van der Waals surface area contributed by atoms with Gasteiger partial charge in [-0.3, -0.25) is 9.88 Å². The first-order valence-electron chi connectivity index (χ1n) is 7.04. The van der Waals surface area contributed by atoms with Gasteiger partial charge in [-0.1, -0.05) is 19.8 Å². The van der Waals surface area contributed by atoms with Crippen LogP contribution in [0.15, 0.2) is 12.4 Å². The second-order valence-corrected chi connectivity index (χ2v) is 5.17. The van der Waals surface area contributed by atoms with E-state index in [1.807, 2.05) is 12.4 Å². The molecule has 1 aromatic heterocycles. The highest BCUT2D eigenvalue weighted by Gasteiger charge is 2.19. The van der Waals surface area contributed by atoms with Crippen LogP contribution in [0.3, 0.4) is 0 Å². The summed E-state index contributed by atoms with van der Waals surface area (Å²) in [6.07, 6.45) is 10.3. The lowest BCUT2D eigenvalue weighted by atomic mass is 10.2. The van der Waals surface area contributed by atoms with Crippen molar-refractivity contribution >= 4 is 5.82 Å². The number of hydrogen-bond donors (Lipinski definition) is 1. The molecule has 0 spiro atoms. The van der Waals surface area contributed by atoms with Crippen molar-refractivity contribution in [2.24, 2.45) is 0 Å². The maximum atomic E-state index is 4.48. The average molecular weight is 248 g/mol. The van der Waals surface area contributed by atoms with Gasteiger partial charge in [0, 0.05) is 19.1 Å². The third-order valence-electron chi connectivity index (χ3n) is 3.62. The van der Waals surface area contributed by atoms with Crippen molar-refractivity contribution in [3.63, 3.8) is 0 Å². The van der Waals surface area contributed by atoms with Crippen molar-refractivity contribution in [2.45, 2.75) is 51.6 Å². The Morgan fingerprint density at radius 3 is 2.67 bits per heavy atom. The first kappa shape index (κ1) is 13.3. The van der Waals surface area contributed by atoms with E-state index < -0.39 is 0 Å². The van der Waals surface area contributed by atoms with Gasteiger partial charge in [0.25, 0.3) is 0 Å². The Morgan fingerprint density at radius 2 is 2.06 bits per heavy atom. The van der Waals surface area contributed by atoms with Crippen molar-refractivity contribution in [3.8, 4) is 0 Å². The molecule has 0 atom stereocenters. The number of nitrogens with zero attached hydrogens (tertiary/aromatic N) is 3. The fraction of sp³-hybridized carbons (Fsp3) is 0.714. The Morgan fingerprint density at radius 1 is 1.28 bits per heavy atom. The lowest BCUT2D eigenvalue weighted by Crippen LogP contribution is -2.28. The van der Waals surface area contributed by atoms with Crippen molar-refractivity contribution in [3.05, 3.63) is 18.1 Å². The normalized spacial score (nSPS) is 16.4. The highest BCUT2D eigenvalue weighted by Crippen LogP contribution is 2.23. The van der Waals surface area contributed by atoms with E-state index >= 15 is 0 Å². The zero-order valence-electron chi connectivity index (χ0n) is 11.5. The fourth-order valence-electron chi connectivity index (χ4n) is 2.51. The molecule has 1 aliphatic carbocycles. The molecule has 0 amide bonds. The Kier molecular flexibility index (Phi) is 4.93. The highest BCUT2D eigenvalue weighted by molar-refractivity contribution is 5.30. The maximum absolute atomic E-state index is 4.48. The van der Waals surface area contributed by atoms with Crippen LogP contribution in [0.4, 0.5) is 5.82 Å². The maximum Gasteiger partial charge on any atom is 0.144 e. The predicted molar refractivity (Wildman–Crippen MR) is 74.5 cm³/mol. The molecule has 2 rings (SSSR count). The number of rotatable bonds is 6. The van der Waals surface area contributed by atoms with Crippen molar-refractivity contribution in [1.82, 2.24) is 14.9 Å². The summed E-state index contributed by atoms with van der Waals surface area (Å²) in [6, 6.07) is 0.740. The van der Waals surface area contributed by atoms with E-state index in [2.05, 4.69) is 34.2 Å². The summed E-state index contributed by atoms with van der Waals surface area (Å²) in [6.45, 7) is 4.01. The number of nitrogens with one attached hydrogen (secondary N) is 1. The molecule has 1 aliphatic rings. The van der Waals surface area contributed by atoms with Crippen LogP contribution >= 0.6 is 0 Å². The van der Waals surface area contributed by atoms with Gasteiger partial charge in [0.05, 0.1) is 18.1 Å². The van der Waals surface area contributed by atoms with Crippen LogP contribution in [0.1, 0.15) is 44.7 Å². The summed E-state index contributed by atoms with van der Waals surface area (Å²) in [5, 5.41) is 3.24. The van der Waals surface area contributed by atoms with Gasteiger partial charge in [-0.2, -0.15) is 0 Å². The molecular formula is C14H24N4. The van der Waals surface area contributed by atoms with Crippen LogP contribution in [-0.4, -0.2) is 34.5 Å². The summed E-state index contributed by atoms with van der Waals surface area (Å²) < 4.78 is 0. The van der Waals surface area contributed by atoms with E-state index in [0.717, 1.165) is 37.1 Å². The van der Waals surface area contributed by atoms with Gasteiger partial charge in [-0.05, 0) is 26.3 Å². The second kappa shape index (κ2) is 6.69. The average Bonchev–Trinajstić information content (AvgIpc) is 2.92. The van der Waals surface area contributed by atoms with E-state index in [-0.39, 0.29) is 0 Å². The molecule has 1 saturated carbocycles. The van der Waals surface area contributed by atoms with Crippen LogP contribution in [0.2, 0.25) is 0 Å². The molecule has 1 aromatic rings. The van der Waals surface area contributed by atoms with Gasteiger partial charge in [0.1, 0.15) is 5.82 Å². The van der Waals surface area contributed by atoms with Crippen LogP contribution < -0.4 is 5.32 Å². The number of hydrogen-bond acceptors (Lipinski definition) is 4. The SMILES string of the molecule is CCCNc1cnc(CN(C)C2CCCC2)cn1. The highest BCUT2D eigenvalue weighted by atomic mass is 15.1. The van der Waals surface area contributed by atoms with Gasteiger partial charge in [0.15, 0.2) is 0 Å². The Labute approximate surface area is 110 Å². The molecule has 18 heavy (non-hydrogen) atoms. The van der Waals surface area contributed by atoms with E-state index in [0.29, 0.717) is 0 Å². The van der Waals surface area contributed by atoms with Gasteiger partial charge in [-0.15, -0.1) is 0 Å². The standard InChI is InChI=1S/C14H24N4/c1-3-8-15-14-10-16-12(9-17-14)11-18(2)13-6-4-5-7-13/h9-10,13H,3-8,11H2,1-2H3,(H,15,17). The van der Waals surface area contributed by atoms with Gasteiger partial charge < -0.3 is 5.32 Å². The van der Waals surface area contributed by atoms with Crippen molar-refractivity contribution in [1.29, 1.82) is 0 Å². The second-order valence-electron chi connectivity index (χ2n) is 5.17. The summed E-state index contributed by atoms with van der Waals surface area (Å²) >= 11 is 0. The minimum absolute atomic E-state index is 0.740. The smallest absolute Gasteiger partial charge is 0.144 e. The number of aromatic nitrogens is 2. The van der Waals surface area contributed by atoms with E-state index in [1.165, 1.54) is 25.7 Å². The lowest BCUT2D eigenvalue weighted by molar-refractivity contribution is 0.234. The quantitative estimate of drug-likeness (QED) is 0.840. The first-order chi connectivity index (χ1) is 8.79. The minimum Gasteiger partial charge on any atom is -0.369 e. The molecule has 0 bridgehead atoms. The van der Waals surface area contributed by atoms with E-state index in [1.54, 1.807) is 0 Å². The minimum atomic E-state index is 0.740. The zero-order chi connectivity index (χ0) is 12.8.